The molecular weight excluding hydrogens is 427 g/mol. The van der Waals surface area contributed by atoms with E-state index in [-0.39, 0.29) is 36.5 Å². The van der Waals surface area contributed by atoms with Crippen LogP contribution in [-0.4, -0.2) is 33.8 Å². The smallest absolute Gasteiger partial charge is 0.164 e. The molecule has 0 spiro atoms. The van der Waals surface area contributed by atoms with Crippen LogP contribution in [0.4, 0.5) is 0 Å². The number of azo groups is 2. The van der Waals surface area contributed by atoms with Crippen molar-refractivity contribution in [1.29, 1.82) is 21.3 Å². The van der Waals surface area contributed by atoms with Crippen molar-refractivity contribution in [3.05, 3.63) is 0 Å². The number of hydrogen-bond acceptors (Lipinski definition) is 8. The zero-order chi connectivity index (χ0) is 22.8. The van der Waals surface area contributed by atoms with Gasteiger partial charge < -0.3 is 11.5 Å². The molecule has 2 atom stereocenters. The van der Waals surface area contributed by atoms with Gasteiger partial charge in [0.1, 0.15) is 22.7 Å². The molecule has 0 amide bonds. The van der Waals surface area contributed by atoms with E-state index in [1.54, 1.807) is 41.5 Å². The number of amidine groups is 2. The lowest BCUT2D eigenvalue weighted by Gasteiger charge is -2.20. The predicted octanol–water partition coefficient (Wildman–Crippen LogP) is 4.53. The maximum absolute atomic E-state index is 8.84. The number of nitrogens with one attached hydrogen (secondary N) is 2. The molecule has 0 aromatic carbocycles. The van der Waals surface area contributed by atoms with E-state index in [9.17, 15) is 0 Å². The highest BCUT2D eigenvalue weighted by Gasteiger charge is 2.26. The van der Waals surface area contributed by atoms with Crippen LogP contribution >= 0.6 is 24.8 Å². The van der Waals surface area contributed by atoms with Crippen LogP contribution < -0.4 is 11.5 Å². The van der Waals surface area contributed by atoms with Crippen molar-refractivity contribution in [2.45, 2.75) is 90.4 Å². The van der Waals surface area contributed by atoms with Gasteiger partial charge in [-0.25, -0.2) is 0 Å². The summed E-state index contributed by atoms with van der Waals surface area (Å²) in [6, 6.07) is 4.16. The Kier molecular flexibility index (Phi) is 16.2. The highest BCUT2D eigenvalue weighted by molar-refractivity contribution is 5.87. The highest BCUT2D eigenvalue weighted by atomic mass is 35.5. The third kappa shape index (κ3) is 12.3. The van der Waals surface area contributed by atoms with Crippen molar-refractivity contribution in [2.75, 3.05) is 0 Å². The molecule has 0 aliphatic carbocycles. The maximum Gasteiger partial charge on any atom is 0.164 e. The van der Waals surface area contributed by atoms with Crippen LogP contribution in [0.1, 0.15) is 68.2 Å². The van der Waals surface area contributed by atoms with Crippen molar-refractivity contribution in [3.63, 3.8) is 0 Å². The highest BCUT2D eigenvalue weighted by Crippen LogP contribution is 2.20. The largest absolute Gasteiger partial charge is 0.386 e. The molecule has 0 saturated heterocycles. The van der Waals surface area contributed by atoms with E-state index >= 15 is 0 Å². The molecule has 0 radical (unpaired) electrons. The van der Waals surface area contributed by atoms with Crippen LogP contribution in [0.25, 0.3) is 0 Å². The fourth-order valence-corrected chi connectivity index (χ4v) is 0.923. The molecule has 6 N–H and O–H groups in total. The van der Waals surface area contributed by atoms with Gasteiger partial charge >= 0.3 is 0 Å². The average Bonchev–Trinajstić information content (AvgIpc) is 2.64. The number of nitriles is 2. The zero-order valence-corrected chi connectivity index (χ0v) is 20.7. The second kappa shape index (κ2) is 13.8. The third-order valence-corrected chi connectivity index (χ3v) is 4.22. The Balaban J connectivity index is -0.000000211. The van der Waals surface area contributed by atoms with Gasteiger partial charge in [-0.3, -0.25) is 10.8 Å². The molecule has 0 saturated carbocycles. The van der Waals surface area contributed by atoms with E-state index in [2.05, 4.69) is 32.6 Å². The monoisotopic (exact) mass is 462 g/mol. The minimum absolute atomic E-state index is 0. The predicted molar refractivity (Wildman–Crippen MR) is 125 cm³/mol. The van der Waals surface area contributed by atoms with E-state index < -0.39 is 22.2 Å². The summed E-state index contributed by atoms with van der Waals surface area (Å²) in [5, 5.41) is 47.9. The average molecular weight is 463 g/mol. The van der Waals surface area contributed by atoms with Gasteiger partial charge in [-0.05, 0) is 54.4 Å². The molecule has 0 heterocycles. The molecule has 0 aliphatic rings. The molecule has 12 heteroatoms. The minimum Gasteiger partial charge on any atom is -0.386 e. The van der Waals surface area contributed by atoms with Gasteiger partial charge in [-0.2, -0.15) is 31.0 Å². The topological polar surface area (TPSA) is 197 Å². The molecule has 0 fully saturated rings. The lowest BCUT2D eigenvalue weighted by Crippen LogP contribution is -2.38. The van der Waals surface area contributed by atoms with E-state index in [4.69, 9.17) is 32.8 Å². The number of nitrogens with zero attached hydrogens (tertiary/aromatic N) is 6. The molecule has 0 bridgehead atoms. The molecule has 172 valence electrons. The van der Waals surface area contributed by atoms with Crippen molar-refractivity contribution in [1.82, 2.24) is 0 Å². The Bertz CT molecular complexity index is 645. The van der Waals surface area contributed by atoms with Crippen LogP contribution in [0.5, 0.6) is 0 Å². The number of halogens is 2. The zero-order valence-electron chi connectivity index (χ0n) is 19.1. The van der Waals surface area contributed by atoms with E-state index in [0.717, 1.165) is 0 Å². The Hall–Kier alpha value is -2.30. The molecule has 0 rings (SSSR count). The van der Waals surface area contributed by atoms with Crippen molar-refractivity contribution in [3.8, 4) is 12.1 Å². The fourth-order valence-electron chi connectivity index (χ4n) is 0.923. The van der Waals surface area contributed by atoms with Crippen LogP contribution in [0.2, 0.25) is 0 Å². The summed E-state index contributed by atoms with van der Waals surface area (Å²) in [4.78, 5) is 0. The second-order valence-electron chi connectivity index (χ2n) is 7.82. The van der Waals surface area contributed by atoms with Gasteiger partial charge in [0.25, 0.3) is 0 Å². The van der Waals surface area contributed by atoms with Crippen LogP contribution in [-0.2, 0) is 0 Å². The Morgan fingerprint density at radius 1 is 0.700 bits per heavy atom. The first-order valence-corrected chi connectivity index (χ1v) is 8.94. The Morgan fingerprint density at radius 2 is 0.933 bits per heavy atom. The van der Waals surface area contributed by atoms with Gasteiger partial charge in [-0.15, -0.1) is 24.8 Å². The normalized spacial score (nSPS) is 15.1. The van der Waals surface area contributed by atoms with Crippen molar-refractivity contribution >= 4 is 36.5 Å². The van der Waals surface area contributed by atoms with E-state index in [1.165, 1.54) is 0 Å². The van der Waals surface area contributed by atoms with Crippen molar-refractivity contribution < 1.29 is 0 Å². The van der Waals surface area contributed by atoms with Gasteiger partial charge in [0.05, 0.1) is 12.1 Å². The van der Waals surface area contributed by atoms with Crippen molar-refractivity contribution in [2.24, 2.45) is 31.9 Å². The SMILES string of the molecule is CC(C)(N=NC(C)(C)C(=N)N)C(=N)N.CCC(C)(C#N)N=NC(C)(C#N)CC.Cl.Cl. The van der Waals surface area contributed by atoms with Gasteiger partial charge in [0.2, 0.25) is 0 Å². The number of rotatable bonds is 8. The van der Waals surface area contributed by atoms with E-state index in [1.807, 2.05) is 13.8 Å². The fraction of sp³-hybridized carbons (Fsp3) is 0.778. The lowest BCUT2D eigenvalue weighted by atomic mass is 10.0. The first-order valence-electron chi connectivity index (χ1n) is 8.94. The first kappa shape index (κ1) is 35.2. The molecule has 10 nitrogen and oxygen atoms in total. The maximum atomic E-state index is 8.84. The van der Waals surface area contributed by atoms with Crippen LogP contribution in [0.3, 0.4) is 0 Å². The molecule has 0 aromatic rings. The Morgan fingerprint density at radius 3 is 1.07 bits per heavy atom. The van der Waals surface area contributed by atoms with Crippen LogP contribution in [0, 0.1) is 33.5 Å². The summed E-state index contributed by atoms with van der Waals surface area (Å²) in [7, 11) is 0. The summed E-state index contributed by atoms with van der Waals surface area (Å²) >= 11 is 0. The van der Waals surface area contributed by atoms with Crippen LogP contribution in [0.15, 0.2) is 20.5 Å². The summed E-state index contributed by atoms with van der Waals surface area (Å²) in [5.74, 6) is -0.138. The molecule has 2 unspecified atom stereocenters. The summed E-state index contributed by atoms with van der Waals surface area (Å²) < 4.78 is 0. The van der Waals surface area contributed by atoms with Gasteiger partial charge in [0.15, 0.2) is 11.1 Å². The quantitative estimate of drug-likeness (QED) is 0.233. The second-order valence-corrected chi connectivity index (χ2v) is 7.82. The Labute approximate surface area is 192 Å². The molecule has 0 aromatic heterocycles. The van der Waals surface area contributed by atoms with E-state index in [0.29, 0.717) is 12.8 Å². The number of hydrogen-bond donors (Lipinski definition) is 4. The summed E-state index contributed by atoms with van der Waals surface area (Å²) in [6.07, 6.45) is 1.19. The first-order chi connectivity index (χ1) is 12.5. The summed E-state index contributed by atoms with van der Waals surface area (Å²) in [5.41, 5.74) is 7.36. The standard InChI is InChI=1S/C10H16N4.C8H18N6.2ClH/c1-5-9(3,7-11)13-14-10(4,6-2)8-12;1-7(2,5(9)10)13-14-8(3,4)6(11)12;;/h5-6H2,1-4H3;1-4H3,(H3,9,10)(H3,11,12);2*1H. The molecule has 0 aliphatic heterocycles. The van der Waals surface area contributed by atoms with Gasteiger partial charge in [-0.1, -0.05) is 13.8 Å². The summed E-state index contributed by atoms with van der Waals surface area (Å²) in [6.45, 7) is 13.9. The molecular formula is C18H36Cl2N10. The third-order valence-electron chi connectivity index (χ3n) is 4.22. The van der Waals surface area contributed by atoms with Gasteiger partial charge in [0, 0.05) is 0 Å². The molecule has 30 heavy (non-hydrogen) atoms. The number of nitrogens with two attached hydrogens (primary N) is 2. The lowest BCUT2D eigenvalue weighted by molar-refractivity contribution is 0.473. The minimum atomic E-state index is -0.841.